The Morgan fingerprint density at radius 2 is 1.55 bits per heavy atom. The molecule has 3 rings (SSSR count). The quantitative estimate of drug-likeness (QED) is 0.281. The summed E-state index contributed by atoms with van der Waals surface area (Å²) in [6.07, 6.45) is 3.08. The molecule has 10 heteroatoms. The van der Waals surface area contributed by atoms with E-state index in [1.54, 1.807) is 0 Å². The first-order chi connectivity index (χ1) is 14.8. The van der Waals surface area contributed by atoms with Gasteiger partial charge in [0.15, 0.2) is 4.90 Å². The Hall–Kier alpha value is -3.37. The van der Waals surface area contributed by atoms with E-state index in [4.69, 9.17) is 0 Å². The van der Waals surface area contributed by atoms with Crippen LogP contribution in [0.15, 0.2) is 65.6 Å². The van der Waals surface area contributed by atoms with Crippen molar-refractivity contribution in [2.75, 3.05) is 6.54 Å². The lowest BCUT2D eigenvalue weighted by Gasteiger charge is -2.08. The summed E-state index contributed by atoms with van der Waals surface area (Å²) in [6, 6.07) is 16.9. The van der Waals surface area contributed by atoms with E-state index in [-0.39, 0.29) is 6.54 Å². The molecule has 0 aliphatic heterocycles. The van der Waals surface area contributed by atoms with Gasteiger partial charge in [0, 0.05) is 12.6 Å². The fourth-order valence-electron chi connectivity index (χ4n) is 3.30. The number of nitro groups is 2. The third kappa shape index (κ3) is 5.62. The number of unbranched alkanes of at least 4 members (excludes halogenated alkanes) is 2. The van der Waals surface area contributed by atoms with Crippen LogP contribution in [-0.4, -0.2) is 24.8 Å². The summed E-state index contributed by atoms with van der Waals surface area (Å²) in [5.41, 5.74) is -0.155. The molecule has 0 saturated heterocycles. The molecule has 0 saturated carbocycles. The van der Waals surface area contributed by atoms with Crippen LogP contribution in [0.25, 0.3) is 10.8 Å². The van der Waals surface area contributed by atoms with E-state index in [9.17, 15) is 28.6 Å². The molecule has 0 aliphatic rings. The molecule has 0 radical (unpaired) electrons. The zero-order chi connectivity index (χ0) is 22.4. The first-order valence-electron chi connectivity index (χ1n) is 9.68. The molecule has 0 aliphatic carbocycles. The predicted octanol–water partition coefficient (Wildman–Crippen LogP) is 4.35. The fraction of sp³-hybridized carbons (Fsp3) is 0.238. The second-order valence-corrected chi connectivity index (χ2v) is 8.79. The molecule has 31 heavy (non-hydrogen) atoms. The van der Waals surface area contributed by atoms with Gasteiger partial charge in [-0.05, 0) is 41.7 Å². The Morgan fingerprint density at radius 1 is 0.806 bits per heavy atom. The number of fused-ring (bicyclic) bond motifs is 1. The summed E-state index contributed by atoms with van der Waals surface area (Å²) in [4.78, 5) is 19.6. The number of aryl methyl sites for hydroxylation is 1. The molecule has 0 amide bonds. The van der Waals surface area contributed by atoms with Crippen LogP contribution in [0.2, 0.25) is 0 Å². The normalized spacial score (nSPS) is 11.5. The number of benzene rings is 3. The van der Waals surface area contributed by atoms with Crippen molar-refractivity contribution < 1.29 is 18.3 Å². The molecular weight excluding hydrogens is 422 g/mol. The largest absolute Gasteiger partial charge is 0.296 e. The van der Waals surface area contributed by atoms with E-state index < -0.39 is 36.1 Å². The highest BCUT2D eigenvalue weighted by Gasteiger charge is 2.28. The van der Waals surface area contributed by atoms with Gasteiger partial charge in [-0.2, -0.15) is 0 Å². The third-order valence-corrected chi connectivity index (χ3v) is 6.40. The maximum Gasteiger partial charge on any atom is 0.296 e. The van der Waals surface area contributed by atoms with Crippen molar-refractivity contribution in [1.82, 2.24) is 4.72 Å². The van der Waals surface area contributed by atoms with Gasteiger partial charge >= 0.3 is 0 Å². The molecule has 0 bridgehead atoms. The number of nitrogens with one attached hydrogen (secondary N) is 1. The molecule has 1 N–H and O–H groups in total. The van der Waals surface area contributed by atoms with Gasteiger partial charge in [0.25, 0.3) is 11.4 Å². The first-order valence-corrected chi connectivity index (χ1v) is 11.2. The van der Waals surface area contributed by atoms with Crippen LogP contribution in [0, 0.1) is 20.2 Å². The minimum atomic E-state index is -4.16. The van der Waals surface area contributed by atoms with Crippen molar-refractivity contribution in [3.63, 3.8) is 0 Å². The van der Waals surface area contributed by atoms with Crippen LogP contribution in [0.5, 0.6) is 0 Å². The Balaban J connectivity index is 1.52. The SMILES string of the molecule is O=[N+]([O-])c1ccc(S(=O)(=O)NCCCCCc2ccc3ccccc3c2)c([N+](=O)[O-])c1. The average Bonchev–Trinajstić information content (AvgIpc) is 2.75. The van der Waals surface area contributed by atoms with Crippen LogP contribution >= 0.6 is 0 Å². The molecule has 0 unspecified atom stereocenters. The number of non-ortho nitro benzene ring substituents is 1. The summed E-state index contributed by atoms with van der Waals surface area (Å²) >= 11 is 0. The molecule has 3 aromatic carbocycles. The molecule has 9 nitrogen and oxygen atoms in total. The van der Waals surface area contributed by atoms with E-state index >= 15 is 0 Å². The molecule has 0 heterocycles. The van der Waals surface area contributed by atoms with Crippen molar-refractivity contribution >= 4 is 32.2 Å². The van der Waals surface area contributed by atoms with Crippen molar-refractivity contribution in [1.29, 1.82) is 0 Å². The Labute approximate surface area is 179 Å². The Morgan fingerprint density at radius 3 is 2.26 bits per heavy atom. The van der Waals surface area contributed by atoms with Gasteiger partial charge in [0.2, 0.25) is 10.0 Å². The standard InChI is InChI=1S/C21H21N3O6S/c25-23(26)19-11-12-21(20(15-19)24(27)28)31(29,30)22-13-5-1-2-6-16-9-10-17-7-3-4-8-18(17)14-16/h3-4,7-12,14-15,22H,1-2,5-6,13H2. The summed E-state index contributed by atoms with van der Waals surface area (Å²) in [6.45, 7) is 0.119. The smallest absolute Gasteiger partial charge is 0.258 e. The van der Waals surface area contributed by atoms with Gasteiger partial charge in [0.1, 0.15) is 0 Å². The van der Waals surface area contributed by atoms with Crippen molar-refractivity contribution in [2.24, 2.45) is 0 Å². The van der Waals surface area contributed by atoms with E-state index in [0.717, 1.165) is 31.4 Å². The van der Waals surface area contributed by atoms with Gasteiger partial charge in [-0.3, -0.25) is 20.2 Å². The zero-order valence-electron chi connectivity index (χ0n) is 16.6. The van der Waals surface area contributed by atoms with Crippen LogP contribution in [0.4, 0.5) is 11.4 Å². The Kier molecular flexibility index (Phi) is 6.93. The highest BCUT2D eigenvalue weighted by Crippen LogP contribution is 2.28. The Bertz CT molecular complexity index is 1230. The predicted molar refractivity (Wildman–Crippen MR) is 116 cm³/mol. The molecule has 0 spiro atoms. The molecule has 0 aromatic heterocycles. The minimum absolute atomic E-state index is 0.119. The first kappa shape index (κ1) is 22.3. The van der Waals surface area contributed by atoms with E-state index in [1.165, 1.54) is 16.3 Å². The van der Waals surface area contributed by atoms with E-state index in [0.29, 0.717) is 12.5 Å². The molecule has 0 atom stereocenters. The molecular formula is C21H21N3O6S. The van der Waals surface area contributed by atoms with E-state index in [2.05, 4.69) is 35.1 Å². The average molecular weight is 443 g/mol. The highest BCUT2D eigenvalue weighted by molar-refractivity contribution is 7.89. The fourth-order valence-corrected chi connectivity index (χ4v) is 4.52. The van der Waals surface area contributed by atoms with Crippen molar-refractivity contribution in [3.05, 3.63) is 86.5 Å². The van der Waals surface area contributed by atoms with Crippen molar-refractivity contribution in [2.45, 2.75) is 30.6 Å². The maximum absolute atomic E-state index is 12.4. The summed E-state index contributed by atoms with van der Waals surface area (Å²) < 4.78 is 27.2. The number of nitro benzene ring substituents is 2. The molecule has 162 valence electrons. The van der Waals surface area contributed by atoms with Gasteiger partial charge in [-0.25, -0.2) is 13.1 Å². The lowest BCUT2D eigenvalue weighted by atomic mass is 10.0. The maximum atomic E-state index is 12.4. The van der Waals surface area contributed by atoms with Crippen molar-refractivity contribution in [3.8, 4) is 0 Å². The second-order valence-electron chi connectivity index (χ2n) is 7.06. The summed E-state index contributed by atoms with van der Waals surface area (Å²) in [5.74, 6) is 0. The zero-order valence-corrected chi connectivity index (χ0v) is 17.4. The number of sulfonamides is 1. The second kappa shape index (κ2) is 9.63. The number of hydrogen-bond acceptors (Lipinski definition) is 6. The lowest BCUT2D eigenvalue weighted by Crippen LogP contribution is -2.25. The highest BCUT2D eigenvalue weighted by atomic mass is 32.2. The van der Waals surface area contributed by atoms with Crippen LogP contribution < -0.4 is 4.72 Å². The topological polar surface area (TPSA) is 132 Å². The van der Waals surface area contributed by atoms with Gasteiger partial charge in [0.05, 0.1) is 15.9 Å². The summed E-state index contributed by atoms with van der Waals surface area (Å²) in [5, 5.41) is 24.3. The van der Waals surface area contributed by atoms with Gasteiger partial charge in [-0.15, -0.1) is 0 Å². The molecule has 0 fully saturated rings. The van der Waals surface area contributed by atoms with Crippen LogP contribution in [-0.2, 0) is 16.4 Å². The number of nitrogens with zero attached hydrogens (tertiary/aromatic N) is 2. The lowest BCUT2D eigenvalue weighted by molar-refractivity contribution is -0.396. The van der Waals surface area contributed by atoms with E-state index in [1.807, 2.05) is 12.1 Å². The van der Waals surface area contributed by atoms with Crippen LogP contribution in [0.1, 0.15) is 24.8 Å². The number of rotatable bonds is 10. The molecule has 3 aromatic rings. The monoisotopic (exact) mass is 443 g/mol. The number of hydrogen-bond donors (Lipinski definition) is 1. The minimum Gasteiger partial charge on any atom is -0.258 e. The van der Waals surface area contributed by atoms with Gasteiger partial charge in [-0.1, -0.05) is 48.9 Å². The summed E-state index contributed by atoms with van der Waals surface area (Å²) in [7, 11) is -4.16. The van der Waals surface area contributed by atoms with Crippen LogP contribution in [0.3, 0.4) is 0 Å². The van der Waals surface area contributed by atoms with Gasteiger partial charge < -0.3 is 0 Å². The third-order valence-electron chi connectivity index (χ3n) is 4.89.